The van der Waals surface area contributed by atoms with Crippen molar-refractivity contribution in [2.24, 2.45) is 0 Å². The quantitative estimate of drug-likeness (QED) is 0.520. The van der Waals surface area contributed by atoms with Crippen LogP contribution in [-0.2, 0) is 13.0 Å². The van der Waals surface area contributed by atoms with E-state index in [0.29, 0.717) is 23.3 Å². The average molecular weight is 386 g/mol. The Labute approximate surface area is 169 Å². The fraction of sp³-hybridized carbons (Fsp3) is 0.167. The number of H-pyrrole nitrogens is 1. The van der Waals surface area contributed by atoms with Crippen LogP contribution in [0.4, 0.5) is 0 Å². The topological polar surface area (TPSA) is 64.2 Å². The normalized spacial score (nSPS) is 10.8. The molecule has 3 aromatic carbocycles. The number of fused-ring (bicyclic) bond motifs is 1. The Hall–Kier alpha value is -3.60. The molecule has 5 nitrogen and oxygen atoms in total. The summed E-state index contributed by atoms with van der Waals surface area (Å²) in [6.45, 7) is 2.47. The lowest BCUT2D eigenvalue weighted by Crippen LogP contribution is -2.09. The molecule has 0 bridgehead atoms. The van der Waals surface area contributed by atoms with Crippen molar-refractivity contribution < 1.29 is 9.47 Å². The summed E-state index contributed by atoms with van der Waals surface area (Å²) >= 11 is 0. The van der Waals surface area contributed by atoms with E-state index in [9.17, 15) is 4.79 Å². The molecule has 29 heavy (non-hydrogen) atoms. The van der Waals surface area contributed by atoms with Crippen LogP contribution in [-0.4, -0.2) is 17.1 Å². The fourth-order valence-corrected chi connectivity index (χ4v) is 3.24. The largest absolute Gasteiger partial charge is 0.496 e. The zero-order valence-corrected chi connectivity index (χ0v) is 16.4. The maximum atomic E-state index is 12.4. The maximum absolute atomic E-state index is 12.4. The van der Waals surface area contributed by atoms with Gasteiger partial charge in [-0.05, 0) is 54.4 Å². The van der Waals surface area contributed by atoms with E-state index in [2.05, 4.69) is 29.0 Å². The number of nitrogens with one attached hydrogen (secondary N) is 1. The van der Waals surface area contributed by atoms with Gasteiger partial charge in [0.1, 0.15) is 23.9 Å². The van der Waals surface area contributed by atoms with Crippen molar-refractivity contribution in [3.8, 4) is 22.9 Å². The summed E-state index contributed by atoms with van der Waals surface area (Å²) in [4.78, 5) is 19.9. The Morgan fingerprint density at radius 1 is 1.00 bits per heavy atom. The first-order valence-corrected chi connectivity index (χ1v) is 9.56. The van der Waals surface area contributed by atoms with Gasteiger partial charge in [-0.2, -0.15) is 0 Å². The Morgan fingerprint density at radius 2 is 1.79 bits per heavy atom. The summed E-state index contributed by atoms with van der Waals surface area (Å²) in [5.41, 5.74) is 3.45. The highest BCUT2D eigenvalue weighted by Gasteiger charge is 2.10. The van der Waals surface area contributed by atoms with E-state index in [1.54, 1.807) is 13.2 Å². The SMILES string of the molecule is CCc1ccc(OCc2cc(-c3nc4ccccc4c(=O)[nH]3)ccc2OC)cc1. The fourth-order valence-electron chi connectivity index (χ4n) is 3.24. The second kappa shape index (κ2) is 8.19. The van der Waals surface area contributed by atoms with Gasteiger partial charge in [0.15, 0.2) is 0 Å². The number of aromatic nitrogens is 2. The second-order valence-electron chi connectivity index (χ2n) is 6.74. The average Bonchev–Trinajstić information content (AvgIpc) is 2.77. The standard InChI is InChI=1S/C24H22N2O3/c1-3-16-8-11-19(12-9-16)29-15-18-14-17(10-13-22(18)28-2)23-25-21-7-5-4-6-20(21)24(27)26-23/h4-14H,3,15H2,1-2H3,(H,25,26,27). The predicted octanol–water partition coefficient (Wildman–Crippen LogP) is 4.74. The molecule has 0 unspecified atom stereocenters. The molecule has 0 atom stereocenters. The van der Waals surface area contributed by atoms with E-state index in [1.807, 2.05) is 48.5 Å². The monoisotopic (exact) mass is 386 g/mol. The van der Waals surface area contributed by atoms with E-state index in [4.69, 9.17) is 9.47 Å². The number of benzene rings is 3. The van der Waals surface area contributed by atoms with Crippen LogP contribution in [0.5, 0.6) is 11.5 Å². The van der Waals surface area contributed by atoms with Gasteiger partial charge in [-0.1, -0.05) is 31.2 Å². The van der Waals surface area contributed by atoms with Gasteiger partial charge in [-0.25, -0.2) is 4.98 Å². The van der Waals surface area contributed by atoms with Crippen LogP contribution in [0.1, 0.15) is 18.1 Å². The van der Waals surface area contributed by atoms with Gasteiger partial charge in [0.25, 0.3) is 5.56 Å². The number of ether oxygens (including phenoxy) is 2. The Bertz CT molecular complexity index is 1200. The molecule has 0 aliphatic rings. The molecule has 0 fully saturated rings. The molecular weight excluding hydrogens is 364 g/mol. The van der Waals surface area contributed by atoms with Crippen LogP contribution in [0, 0.1) is 0 Å². The minimum Gasteiger partial charge on any atom is -0.496 e. The first kappa shape index (κ1) is 18.7. The lowest BCUT2D eigenvalue weighted by atomic mass is 10.1. The van der Waals surface area contributed by atoms with Gasteiger partial charge in [0.05, 0.1) is 18.0 Å². The number of nitrogens with zero attached hydrogens (tertiary/aromatic N) is 1. The third-order valence-corrected chi connectivity index (χ3v) is 4.89. The lowest BCUT2D eigenvalue weighted by Gasteiger charge is -2.12. The van der Waals surface area contributed by atoms with E-state index in [-0.39, 0.29) is 5.56 Å². The van der Waals surface area contributed by atoms with Crippen molar-refractivity contribution in [3.05, 3.63) is 88.2 Å². The molecule has 4 aromatic rings. The van der Waals surface area contributed by atoms with E-state index >= 15 is 0 Å². The lowest BCUT2D eigenvalue weighted by molar-refractivity contribution is 0.296. The zero-order valence-electron chi connectivity index (χ0n) is 16.4. The van der Waals surface area contributed by atoms with Crippen molar-refractivity contribution in [2.75, 3.05) is 7.11 Å². The Kier molecular flexibility index (Phi) is 5.29. The molecule has 1 aromatic heterocycles. The molecule has 1 heterocycles. The third-order valence-electron chi connectivity index (χ3n) is 4.89. The molecule has 0 saturated carbocycles. The van der Waals surface area contributed by atoms with Gasteiger partial charge in [-0.15, -0.1) is 0 Å². The Morgan fingerprint density at radius 3 is 2.55 bits per heavy atom. The highest BCUT2D eigenvalue weighted by atomic mass is 16.5. The van der Waals surface area contributed by atoms with Crippen LogP contribution in [0.25, 0.3) is 22.3 Å². The van der Waals surface area contributed by atoms with Crippen LogP contribution in [0.3, 0.4) is 0 Å². The van der Waals surface area contributed by atoms with Crippen LogP contribution < -0.4 is 15.0 Å². The molecule has 4 rings (SSSR count). The minimum atomic E-state index is -0.157. The van der Waals surface area contributed by atoms with Crippen molar-refractivity contribution in [1.29, 1.82) is 0 Å². The second-order valence-corrected chi connectivity index (χ2v) is 6.74. The molecule has 1 N–H and O–H groups in total. The van der Waals surface area contributed by atoms with Gasteiger partial charge < -0.3 is 14.5 Å². The number of aromatic amines is 1. The molecule has 0 saturated heterocycles. The van der Waals surface area contributed by atoms with Crippen molar-refractivity contribution in [3.63, 3.8) is 0 Å². The van der Waals surface area contributed by atoms with Gasteiger partial charge in [0.2, 0.25) is 0 Å². The van der Waals surface area contributed by atoms with Crippen LogP contribution in [0.2, 0.25) is 0 Å². The molecule has 5 heteroatoms. The first-order valence-electron chi connectivity index (χ1n) is 9.56. The summed E-state index contributed by atoms with van der Waals surface area (Å²) in [5.74, 6) is 2.04. The zero-order chi connectivity index (χ0) is 20.2. The molecule has 0 aliphatic carbocycles. The number of hydrogen-bond acceptors (Lipinski definition) is 4. The highest BCUT2D eigenvalue weighted by molar-refractivity contribution is 5.79. The molecule has 0 radical (unpaired) electrons. The predicted molar refractivity (Wildman–Crippen MR) is 115 cm³/mol. The number of aryl methyl sites for hydroxylation is 1. The summed E-state index contributed by atoms with van der Waals surface area (Å²) in [5, 5.41) is 0.573. The summed E-state index contributed by atoms with van der Waals surface area (Å²) in [7, 11) is 1.63. The van der Waals surface area contributed by atoms with Crippen molar-refractivity contribution >= 4 is 10.9 Å². The molecule has 0 amide bonds. The molecule has 146 valence electrons. The highest BCUT2D eigenvalue weighted by Crippen LogP contribution is 2.26. The summed E-state index contributed by atoms with van der Waals surface area (Å²) < 4.78 is 11.4. The minimum absolute atomic E-state index is 0.157. The third kappa shape index (κ3) is 3.99. The van der Waals surface area contributed by atoms with Crippen molar-refractivity contribution in [2.45, 2.75) is 20.0 Å². The Balaban J connectivity index is 1.65. The van der Waals surface area contributed by atoms with E-state index in [1.165, 1.54) is 5.56 Å². The molecule has 0 aliphatic heterocycles. The number of methoxy groups -OCH3 is 1. The van der Waals surface area contributed by atoms with Crippen LogP contribution in [0.15, 0.2) is 71.5 Å². The first-order chi connectivity index (χ1) is 14.2. The van der Waals surface area contributed by atoms with Gasteiger partial charge in [0, 0.05) is 11.1 Å². The molecular formula is C24H22N2O3. The summed E-state index contributed by atoms with van der Waals surface area (Å²) in [6.07, 6.45) is 0.993. The molecule has 0 spiro atoms. The van der Waals surface area contributed by atoms with Crippen LogP contribution >= 0.6 is 0 Å². The maximum Gasteiger partial charge on any atom is 0.259 e. The number of para-hydroxylation sites is 1. The van der Waals surface area contributed by atoms with E-state index < -0.39 is 0 Å². The van der Waals surface area contributed by atoms with E-state index in [0.717, 1.165) is 29.0 Å². The summed E-state index contributed by atoms with van der Waals surface area (Å²) in [6, 6.07) is 21.0. The number of hydrogen-bond donors (Lipinski definition) is 1. The van der Waals surface area contributed by atoms with Crippen molar-refractivity contribution in [1.82, 2.24) is 9.97 Å². The van der Waals surface area contributed by atoms with Gasteiger partial charge in [-0.3, -0.25) is 4.79 Å². The van der Waals surface area contributed by atoms with Gasteiger partial charge >= 0.3 is 0 Å². The number of rotatable bonds is 6. The smallest absolute Gasteiger partial charge is 0.259 e.